The highest BCUT2D eigenvalue weighted by atomic mass is 15.1. The van der Waals surface area contributed by atoms with E-state index in [1.807, 2.05) is 19.9 Å². The van der Waals surface area contributed by atoms with Crippen LogP contribution in [0.4, 0.5) is 0 Å². The predicted octanol–water partition coefficient (Wildman–Crippen LogP) is 2.57. The fraction of sp³-hybridized carbons (Fsp3) is 0.167. The van der Waals surface area contributed by atoms with Gasteiger partial charge in [-0.15, -0.1) is 0 Å². The quantitative estimate of drug-likeness (QED) is 0.651. The molecule has 0 fully saturated rings. The molecule has 3 aromatic heterocycles. The summed E-state index contributed by atoms with van der Waals surface area (Å²) < 4.78 is 0. The SMILES string of the molecule is Cc1cc2ccc(-c3cn[nH]c3C)nc2[nH]1. The second-order valence-corrected chi connectivity index (χ2v) is 4.00. The van der Waals surface area contributed by atoms with Gasteiger partial charge in [-0.3, -0.25) is 5.10 Å². The smallest absolute Gasteiger partial charge is 0.138 e. The van der Waals surface area contributed by atoms with E-state index in [4.69, 9.17) is 0 Å². The Hall–Kier alpha value is -2.10. The van der Waals surface area contributed by atoms with Gasteiger partial charge in [-0.05, 0) is 32.0 Å². The van der Waals surface area contributed by atoms with Gasteiger partial charge in [0, 0.05) is 22.3 Å². The number of hydrogen-bond acceptors (Lipinski definition) is 2. The molecule has 80 valence electrons. The largest absolute Gasteiger partial charge is 0.344 e. The monoisotopic (exact) mass is 212 g/mol. The van der Waals surface area contributed by atoms with E-state index in [2.05, 4.69) is 32.3 Å². The summed E-state index contributed by atoms with van der Waals surface area (Å²) in [6.07, 6.45) is 1.80. The number of aromatic nitrogens is 4. The Bertz CT molecular complexity index is 648. The van der Waals surface area contributed by atoms with Crippen LogP contribution in [-0.2, 0) is 0 Å². The van der Waals surface area contributed by atoms with Crippen LogP contribution in [0.25, 0.3) is 22.3 Å². The average Bonchev–Trinajstić information content (AvgIpc) is 2.81. The van der Waals surface area contributed by atoms with Gasteiger partial charge in [0.1, 0.15) is 5.65 Å². The fourth-order valence-corrected chi connectivity index (χ4v) is 1.90. The molecule has 0 amide bonds. The summed E-state index contributed by atoms with van der Waals surface area (Å²) in [5.74, 6) is 0. The van der Waals surface area contributed by atoms with Gasteiger partial charge >= 0.3 is 0 Å². The second kappa shape index (κ2) is 3.20. The second-order valence-electron chi connectivity index (χ2n) is 4.00. The topological polar surface area (TPSA) is 57.4 Å². The molecule has 0 aliphatic rings. The normalized spacial score (nSPS) is 11.1. The Labute approximate surface area is 92.7 Å². The number of fused-ring (bicyclic) bond motifs is 1. The Balaban J connectivity index is 2.22. The van der Waals surface area contributed by atoms with Gasteiger partial charge in [-0.2, -0.15) is 5.10 Å². The number of pyridine rings is 1. The molecule has 0 saturated carbocycles. The van der Waals surface area contributed by atoms with Gasteiger partial charge in [0.25, 0.3) is 0 Å². The molecule has 3 aromatic rings. The molecule has 0 bridgehead atoms. The molecule has 3 heterocycles. The van der Waals surface area contributed by atoms with Gasteiger partial charge in [0.2, 0.25) is 0 Å². The number of rotatable bonds is 1. The Morgan fingerprint density at radius 2 is 2.06 bits per heavy atom. The van der Waals surface area contributed by atoms with Crippen LogP contribution in [0.15, 0.2) is 24.4 Å². The molecule has 0 aliphatic carbocycles. The van der Waals surface area contributed by atoms with Crippen molar-refractivity contribution in [3.05, 3.63) is 35.8 Å². The number of H-pyrrole nitrogens is 2. The number of aromatic amines is 2. The lowest BCUT2D eigenvalue weighted by molar-refractivity contribution is 1.05. The number of hydrogen-bond donors (Lipinski definition) is 2. The molecule has 4 nitrogen and oxygen atoms in total. The van der Waals surface area contributed by atoms with E-state index in [0.29, 0.717) is 0 Å². The van der Waals surface area contributed by atoms with Crippen molar-refractivity contribution in [3.8, 4) is 11.3 Å². The molecule has 0 saturated heterocycles. The third kappa shape index (κ3) is 1.31. The molecule has 0 spiro atoms. The summed E-state index contributed by atoms with van der Waals surface area (Å²) in [6.45, 7) is 4.03. The lowest BCUT2D eigenvalue weighted by atomic mass is 10.1. The minimum atomic E-state index is 0.926. The minimum Gasteiger partial charge on any atom is -0.344 e. The zero-order chi connectivity index (χ0) is 11.1. The third-order valence-corrected chi connectivity index (χ3v) is 2.72. The lowest BCUT2D eigenvalue weighted by Gasteiger charge is -1.98. The molecule has 2 N–H and O–H groups in total. The first-order valence-corrected chi connectivity index (χ1v) is 5.21. The lowest BCUT2D eigenvalue weighted by Crippen LogP contribution is -1.85. The van der Waals surface area contributed by atoms with Crippen LogP contribution in [0.2, 0.25) is 0 Å². The molecule has 0 atom stereocenters. The molecule has 0 unspecified atom stereocenters. The molecule has 0 radical (unpaired) electrons. The van der Waals surface area contributed by atoms with Crippen LogP contribution < -0.4 is 0 Å². The van der Waals surface area contributed by atoms with E-state index in [1.165, 1.54) is 0 Å². The van der Waals surface area contributed by atoms with Crippen molar-refractivity contribution in [1.82, 2.24) is 20.2 Å². The Kier molecular flexibility index (Phi) is 1.83. The van der Waals surface area contributed by atoms with Gasteiger partial charge in [-0.1, -0.05) is 0 Å². The number of aryl methyl sites for hydroxylation is 2. The van der Waals surface area contributed by atoms with Crippen molar-refractivity contribution >= 4 is 11.0 Å². The minimum absolute atomic E-state index is 0.926. The van der Waals surface area contributed by atoms with Crippen LogP contribution in [-0.4, -0.2) is 20.2 Å². The number of nitrogens with one attached hydrogen (secondary N) is 2. The van der Waals surface area contributed by atoms with E-state index >= 15 is 0 Å². The first-order chi connectivity index (χ1) is 7.74. The Morgan fingerprint density at radius 3 is 2.81 bits per heavy atom. The molecule has 4 heteroatoms. The summed E-state index contributed by atoms with van der Waals surface area (Å²) >= 11 is 0. The van der Waals surface area contributed by atoms with Crippen molar-refractivity contribution < 1.29 is 0 Å². The molecule has 16 heavy (non-hydrogen) atoms. The van der Waals surface area contributed by atoms with E-state index in [9.17, 15) is 0 Å². The standard InChI is InChI=1S/C12H12N4/c1-7-5-9-3-4-11(15-12(9)14-7)10-6-13-16-8(10)2/h3-6H,1-2H3,(H,13,16)(H,14,15). The highest BCUT2D eigenvalue weighted by Gasteiger charge is 2.07. The van der Waals surface area contributed by atoms with Crippen molar-refractivity contribution in [2.24, 2.45) is 0 Å². The first kappa shape index (κ1) is 9.15. The van der Waals surface area contributed by atoms with Crippen LogP contribution >= 0.6 is 0 Å². The maximum absolute atomic E-state index is 4.58. The molecule has 0 aromatic carbocycles. The van der Waals surface area contributed by atoms with Crippen LogP contribution in [0.1, 0.15) is 11.4 Å². The maximum atomic E-state index is 4.58. The zero-order valence-electron chi connectivity index (χ0n) is 9.20. The zero-order valence-corrected chi connectivity index (χ0v) is 9.20. The molecule has 3 rings (SSSR count). The summed E-state index contributed by atoms with van der Waals surface area (Å²) in [5.41, 5.74) is 5.09. The van der Waals surface area contributed by atoms with Crippen molar-refractivity contribution in [2.75, 3.05) is 0 Å². The summed E-state index contributed by atoms with van der Waals surface area (Å²) in [4.78, 5) is 7.82. The highest BCUT2D eigenvalue weighted by Crippen LogP contribution is 2.22. The molecule has 0 aliphatic heterocycles. The van der Waals surface area contributed by atoms with Gasteiger partial charge in [0.05, 0.1) is 11.9 Å². The van der Waals surface area contributed by atoms with Gasteiger partial charge < -0.3 is 4.98 Å². The fourth-order valence-electron chi connectivity index (χ4n) is 1.90. The summed E-state index contributed by atoms with van der Waals surface area (Å²) in [6, 6.07) is 6.19. The van der Waals surface area contributed by atoms with E-state index in [-0.39, 0.29) is 0 Å². The van der Waals surface area contributed by atoms with Gasteiger partial charge in [0.15, 0.2) is 0 Å². The van der Waals surface area contributed by atoms with Gasteiger partial charge in [-0.25, -0.2) is 4.98 Å². The predicted molar refractivity (Wildman–Crippen MR) is 63.1 cm³/mol. The van der Waals surface area contributed by atoms with Crippen LogP contribution in [0.3, 0.4) is 0 Å². The van der Waals surface area contributed by atoms with Crippen molar-refractivity contribution in [2.45, 2.75) is 13.8 Å². The number of nitrogens with zero attached hydrogens (tertiary/aromatic N) is 2. The average molecular weight is 212 g/mol. The van der Waals surface area contributed by atoms with E-state index in [0.717, 1.165) is 33.7 Å². The molecular formula is C12H12N4. The summed E-state index contributed by atoms with van der Waals surface area (Å²) in [7, 11) is 0. The van der Waals surface area contributed by atoms with E-state index < -0.39 is 0 Å². The first-order valence-electron chi connectivity index (χ1n) is 5.21. The van der Waals surface area contributed by atoms with Crippen molar-refractivity contribution in [1.29, 1.82) is 0 Å². The highest BCUT2D eigenvalue weighted by molar-refractivity contribution is 5.80. The molecular weight excluding hydrogens is 200 g/mol. The third-order valence-electron chi connectivity index (χ3n) is 2.72. The maximum Gasteiger partial charge on any atom is 0.138 e. The van der Waals surface area contributed by atoms with E-state index in [1.54, 1.807) is 6.20 Å². The van der Waals surface area contributed by atoms with Crippen LogP contribution in [0.5, 0.6) is 0 Å². The van der Waals surface area contributed by atoms with Crippen LogP contribution in [0, 0.1) is 13.8 Å². The summed E-state index contributed by atoms with van der Waals surface area (Å²) in [5, 5.41) is 8.07. The Morgan fingerprint density at radius 1 is 1.19 bits per heavy atom. The van der Waals surface area contributed by atoms with Crippen molar-refractivity contribution in [3.63, 3.8) is 0 Å².